The first kappa shape index (κ1) is 13.2. The monoisotopic (exact) mass is 287 g/mol. The minimum Gasteiger partial charge on any atom is -0.345 e. The second-order valence-corrected chi connectivity index (χ2v) is 4.93. The van der Waals surface area contributed by atoms with Gasteiger partial charge in [-0.1, -0.05) is 12.1 Å². The normalized spacial score (nSPS) is 13.9. The number of carbonyl (C=O) groups excluding carboxylic acids is 1. The zero-order chi connectivity index (χ0) is 14.8. The molecule has 2 N–H and O–H groups in total. The summed E-state index contributed by atoms with van der Waals surface area (Å²) < 4.78 is 0. The van der Waals surface area contributed by atoms with Crippen molar-refractivity contribution in [3.8, 4) is 0 Å². The van der Waals surface area contributed by atoms with Crippen molar-refractivity contribution in [2.24, 2.45) is 0 Å². The van der Waals surface area contributed by atoms with E-state index < -0.39 is 10.8 Å². The number of aromatic nitrogens is 3. The van der Waals surface area contributed by atoms with E-state index in [2.05, 4.69) is 20.5 Å². The topological polar surface area (TPSA) is 114 Å². The number of H-pyrrole nitrogens is 1. The Morgan fingerprint density at radius 2 is 2.29 bits per heavy atom. The Balaban J connectivity index is 1.62. The molecule has 8 nitrogen and oxygen atoms in total. The lowest BCUT2D eigenvalue weighted by Gasteiger charge is -2.02. The number of nitrogens with one attached hydrogen (secondary N) is 2. The molecule has 1 aromatic carbocycles. The summed E-state index contributed by atoms with van der Waals surface area (Å²) in [5.41, 5.74) is 0.645. The summed E-state index contributed by atoms with van der Waals surface area (Å²) in [4.78, 5) is 26.3. The van der Waals surface area contributed by atoms with Gasteiger partial charge in [-0.05, 0) is 18.4 Å². The van der Waals surface area contributed by atoms with E-state index in [0.717, 1.165) is 18.7 Å². The van der Waals surface area contributed by atoms with Gasteiger partial charge in [0.15, 0.2) is 0 Å². The Hall–Kier alpha value is -2.77. The molecule has 0 aliphatic heterocycles. The molecule has 0 spiro atoms. The van der Waals surface area contributed by atoms with Gasteiger partial charge in [0.05, 0.1) is 4.92 Å². The SMILES string of the molecule is O=C(NCc1cccc([N+](=O)[O-])c1)c1n[nH]c(C2CC2)n1. The van der Waals surface area contributed by atoms with E-state index in [1.54, 1.807) is 12.1 Å². The maximum atomic E-state index is 11.9. The van der Waals surface area contributed by atoms with Crippen molar-refractivity contribution in [1.29, 1.82) is 0 Å². The van der Waals surface area contributed by atoms with Crippen molar-refractivity contribution < 1.29 is 9.72 Å². The van der Waals surface area contributed by atoms with Gasteiger partial charge in [0.2, 0.25) is 5.82 Å². The van der Waals surface area contributed by atoms with Crippen LogP contribution in [0.4, 0.5) is 5.69 Å². The van der Waals surface area contributed by atoms with E-state index in [1.807, 2.05) is 0 Å². The predicted molar refractivity (Wildman–Crippen MR) is 72.6 cm³/mol. The fourth-order valence-corrected chi connectivity index (χ4v) is 1.96. The molecule has 108 valence electrons. The Labute approximate surface area is 119 Å². The molecular formula is C13H13N5O3. The molecule has 1 aliphatic rings. The fraction of sp³-hybridized carbons (Fsp3) is 0.308. The summed E-state index contributed by atoms with van der Waals surface area (Å²) in [6.07, 6.45) is 2.15. The number of nitrogens with zero attached hydrogens (tertiary/aromatic N) is 3. The van der Waals surface area contributed by atoms with Gasteiger partial charge < -0.3 is 5.32 Å². The van der Waals surface area contributed by atoms with Gasteiger partial charge in [0, 0.05) is 24.6 Å². The first-order chi connectivity index (χ1) is 10.1. The van der Waals surface area contributed by atoms with Gasteiger partial charge in [-0.25, -0.2) is 4.98 Å². The summed E-state index contributed by atoms with van der Waals surface area (Å²) >= 11 is 0. The van der Waals surface area contributed by atoms with E-state index in [1.165, 1.54) is 12.1 Å². The maximum Gasteiger partial charge on any atom is 0.291 e. The van der Waals surface area contributed by atoms with Crippen LogP contribution < -0.4 is 5.32 Å². The van der Waals surface area contributed by atoms with Crippen LogP contribution in [0.5, 0.6) is 0 Å². The number of hydrogen-bond acceptors (Lipinski definition) is 5. The van der Waals surface area contributed by atoms with Crippen LogP contribution in [0.2, 0.25) is 0 Å². The molecule has 0 unspecified atom stereocenters. The number of nitro benzene ring substituents is 1. The first-order valence-electron chi connectivity index (χ1n) is 6.57. The number of benzene rings is 1. The maximum absolute atomic E-state index is 11.9. The number of rotatable bonds is 5. The van der Waals surface area contributed by atoms with Gasteiger partial charge in [0.1, 0.15) is 5.82 Å². The summed E-state index contributed by atoms with van der Waals surface area (Å²) in [6, 6.07) is 6.12. The molecule has 1 heterocycles. The van der Waals surface area contributed by atoms with Crippen molar-refractivity contribution in [2.75, 3.05) is 0 Å². The summed E-state index contributed by atoms with van der Waals surface area (Å²) in [5.74, 6) is 0.846. The highest BCUT2D eigenvalue weighted by Crippen LogP contribution is 2.37. The van der Waals surface area contributed by atoms with Gasteiger partial charge in [0.25, 0.3) is 11.6 Å². The van der Waals surface area contributed by atoms with Crippen molar-refractivity contribution in [2.45, 2.75) is 25.3 Å². The summed E-state index contributed by atoms with van der Waals surface area (Å²) in [5, 5.41) is 20.0. The average molecular weight is 287 g/mol. The number of aromatic amines is 1. The molecule has 1 saturated carbocycles. The highest BCUT2D eigenvalue weighted by Gasteiger charge is 2.28. The molecule has 0 atom stereocenters. The summed E-state index contributed by atoms with van der Waals surface area (Å²) in [6.45, 7) is 0.188. The van der Waals surface area contributed by atoms with Crippen molar-refractivity contribution in [3.05, 3.63) is 51.6 Å². The molecule has 1 fully saturated rings. The van der Waals surface area contributed by atoms with Crippen molar-refractivity contribution in [1.82, 2.24) is 20.5 Å². The highest BCUT2D eigenvalue weighted by molar-refractivity contribution is 5.90. The molecule has 3 rings (SSSR count). The molecule has 0 saturated heterocycles. The number of nitro groups is 1. The molecule has 2 aromatic rings. The van der Waals surface area contributed by atoms with Crippen LogP contribution in [0.25, 0.3) is 0 Å². The quantitative estimate of drug-likeness (QED) is 0.639. The summed E-state index contributed by atoms with van der Waals surface area (Å²) in [7, 11) is 0. The number of hydrogen-bond donors (Lipinski definition) is 2. The van der Waals surface area contributed by atoms with Crippen LogP contribution in [-0.2, 0) is 6.54 Å². The predicted octanol–water partition coefficient (Wildman–Crippen LogP) is 1.52. The van der Waals surface area contributed by atoms with Crippen LogP contribution in [0.1, 0.15) is 40.8 Å². The Morgan fingerprint density at radius 3 is 3.00 bits per heavy atom. The fourth-order valence-electron chi connectivity index (χ4n) is 1.96. The third-order valence-corrected chi connectivity index (χ3v) is 3.24. The van der Waals surface area contributed by atoms with Crippen LogP contribution in [0, 0.1) is 10.1 Å². The Kier molecular flexibility index (Phi) is 3.35. The third-order valence-electron chi connectivity index (χ3n) is 3.24. The lowest BCUT2D eigenvalue weighted by molar-refractivity contribution is -0.384. The molecule has 1 amide bonds. The molecule has 1 aliphatic carbocycles. The lowest BCUT2D eigenvalue weighted by Crippen LogP contribution is -2.24. The smallest absolute Gasteiger partial charge is 0.291 e. The standard InChI is InChI=1S/C13H13N5O3/c19-13(12-15-11(16-17-12)9-4-5-9)14-7-8-2-1-3-10(6-8)18(20)21/h1-3,6,9H,4-5,7H2,(H,14,19)(H,15,16,17). The van der Waals surface area contributed by atoms with Crippen LogP contribution in [0.15, 0.2) is 24.3 Å². The van der Waals surface area contributed by atoms with Gasteiger partial charge >= 0.3 is 0 Å². The van der Waals surface area contributed by atoms with E-state index in [9.17, 15) is 14.9 Å². The largest absolute Gasteiger partial charge is 0.345 e. The molecule has 0 bridgehead atoms. The van der Waals surface area contributed by atoms with E-state index in [-0.39, 0.29) is 18.1 Å². The number of amides is 1. The first-order valence-corrected chi connectivity index (χ1v) is 6.57. The Morgan fingerprint density at radius 1 is 1.48 bits per heavy atom. The van der Waals surface area contributed by atoms with Crippen molar-refractivity contribution in [3.63, 3.8) is 0 Å². The molecule has 0 radical (unpaired) electrons. The van der Waals surface area contributed by atoms with E-state index >= 15 is 0 Å². The van der Waals surface area contributed by atoms with Crippen LogP contribution in [-0.4, -0.2) is 26.0 Å². The second kappa shape index (κ2) is 5.31. The van der Waals surface area contributed by atoms with Crippen LogP contribution >= 0.6 is 0 Å². The molecule has 21 heavy (non-hydrogen) atoms. The van der Waals surface area contributed by atoms with Gasteiger partial charge in [-0.15, -0.1) is 5.10 Å². The number of non-ortho nitro benzene ring substituents is 1. The average Bonchev–Trinajstić information content (AvgIpc) is 3.22. The van der Waals surface area contributed by atoms with Gasteiger partial charge in [-0.3, -0.25) is 20.0 Å². The van der Waals surface area contributed by atoms with Crippen molar-refractivity contribution >= 4 is 11.6 Å². The zero-order valence-electron chi connectivity index (χ0n) is 11.1. The highest BCUT2D eigenvalue weighted by atomic mass is 16.6. The van der Waals surface area contributed by atoms with Gasteiger partial charge in [-0.2, -0.15) is 0 Å². The minimum atomic E-state index is -0.470. The molecular weight excluding hydrogens is 274 g/mol. The van der Waals surface area contributed by atoms with E-state index in [0.29, 0.717) is 11.5 Å². The van der Waals surface area contributed by atoms with Crippen LogP contribution in [0.3, 0.4) is 0 Å². The molecule has 1 aromatic heterocycles. The second-order valence-electron chi connectivity index (χ2n) is 4.93. The lowest BCUT2D eigenvalue weighted by atomic mass is 10.2. The minimum absolute atomic E-state index is 0.00402. The zero-order valence-corrected chi connectivity index (χ0v) is 11.1. The molecule has 8 heteroatoms. The Bertz CT molecular complexity index is 693. The third kappa shape index (κ3) is 3.04. The number of carbonyl (C=O) groups is 1. The van der Waals surface area contributed by atoms with E-state index in [4.69, 9.17) is 0 Å².